The third-order valence-electron chi connectivity index (χ3n) is 3.32. The molecule has 4 heteroatoms. The number of esters is 1. The fourth-order valence-corrected chi connectivity index (χ4v) is 3.22. The summed E-state index contributed by atoms with van der Waals surface area (Å²) in [5.41, 5.74) is 1.60. The molecule has 0 atom stereocenters. The van der Waals surface area contributed by atoms with Gasteiger partial charge in [0, 0.05) is 16.3 Å². The molecule has 0 amide bonds. The van der Waals surface area contributed by atoms with E-state index in [9.17, 15) is 4.79 Å². The van der Waals surface area contributed by atoms with E-state index in [2.05, 4.69) is 22.2 Å². The van der Waals surface area contributed by atoms with Gasteiger partial charge in [0.2, 0.25) is 0 Å². The maximum Gasteiger partial charge on any atom is 0.310 e. The second-order valence-electron chi connectivity index (χ2n) is 4.80. The smallest absolute Gasteiger partial charge is 0.310 e. The van der Waals surface area contributed by atoms with E-state index in [0.29, 0.717) is 6.42 Å². The van der Waals surface area contributed by atoms with Gasteiger partial charge in [-0.2, -0.15) is 0 Å². The molecule has 0 aliphatic heterocycles. The van der Waals surface area contributed by atoms with Gasteiger partial charge in [-0.25, -0.2) is 0 Å². The van der Waals surface area contributed by atoms with Gasteiger partial charge in [-0.3, -0.25) is 4.79 Å². The van der Waals surface area contributed by atoms with Gasteiger partial charge in [0.05, 0.1) is 13.5 Å². The molecule has 0 saturated carbocycles. The molecule has 3 nitrogen and oxygen atoms in total. The number of ether oxygens (including phenoxy) is 1. The van der Waals surface area contributed by atoms with Crippen LogP contribution >= 0.6 is 11.3 Å². The van der Waals surface area contributed by atoms with E-state index in [-0.39, 0.29) is 5.97 Å². The lowest BCUT2D eigenvalue weighted by Gasteiger charge is -2.03. The van der Waals surface area contributed by atoms with Crippen LogP contribution in [-0.2, 0) is 22.5 Å². The van der Waals surface area contributed by atoms with Crippen molar-refractivity contribution in [2.45, 2.75) is 38.6 Å². The van der Waals surface area contributed by atoms with Crippen molar-refractivity contribution < 1.29 is 9.53 Å². The first-order chi connectivity index (χ1) is 9.28. The Morgan fingerprint density at radius 3 is 3.00 bits per heavy atom. The molecular weight excluding hydrogens is 258 g/mol. The summed E-state index contributed by atoms with van der Waals surface area (Å²) < 4.78 is 4.66. The SMILES string of the molecule is COC(=O)Cc1ccc(CNCCC2=CCCC2)s1. The number of carbonyl (C=O) groups is 1. The summed E-state index contributed by atoms with van der Waals surface area (Å²) in [4.78, 5) is 13.5. The third-order valence-corrected chi connectivity index (χ3v) is 4.41. The van der Waals surface area contributed by atoms with Crippen molar-refractivity contribution in [2.24, 2.45) is 0 Å². The minimum atomic E-state index is -0.172. The van der Waals surface area contributed by atoms with Crippen molar-refractivity contribution in [3.05, 3.63) is 33.5 Å². The second-order valence-corrected chi connectivity index (χ2v) is 6.06. The summed E-state index contributed by atoms with van der Waals surface area (Å²) in [6.45, 7) is 1.93. The first-order valence-corrected chi connectivity index (χ1v) is 7.62. The van der Waals surface area contributed by atoms with E-state index in [1.54, 1.807) is 16.9 Å². The highest BCUT2D eigenvalue weighted by atomic mass is 32.1. The summed E-state index contributed by atoms with van der Waals surface area (Å²) >= 11 is 1.68. The Bertz CT molecular complexity index is 451. The molecule has 0 aromatic carbocycles. The Morgan fingerprint density at radius 1 is 1.42 bits per heavy atom. The van der Waals surface area contributed by atoms with Crippen molar-refractivity contribution in [2.75, 3.05) is 13.7 Å². The Balaban J connectivity index is 1.66. The summed E-state index contributed by atoms with van der Waals surface area (Å²) in [5, 5.41) is 3.46. The van der Waals surface area contributed by atoms with Crippen LogP contribution in [0.4, 0.5) is 0 Å². The van der Waals surface area contributed by atoms with Crippen molar-refractivity contribution in [1.82, 2.24) is 5.32 Å². The zero-order valence-corrected chi connectivity index (χ0v) is 12.2. The Hall–Kier alpha value is -1.13. The van der Waals surface area contributed by atoms with E-state index in [1.807, 2.05) is 6.07 Å². The Kier molecular flexibility index (Phi) is 5.61. The average Bonchev–Trinajstić information content (AvgIpc) is 3.06. The molecule has 19 heavy (non-hydrogen) atoms. The van der Waals surface area contributed by atoms with Gasteiger partial charge < -0.3 is 10.1 Å². The van der Waals surface area contributed by atoms with Crippen molar-refractivity contribution in [3.8, 4) is 0 Å². The van der Waals surface area contributed by atoms with Gasteiger partial charge in [0.15, 0.2) is 0 Å². The van der Waals surface area contributed by atoms with Gasteiger partial charge in [-0.15, -0.1) is 11.3 Å². The molecule has 2 rings (SSSR count). The highest BCUT2D eigenvalue weighted by Gasteiger charge is 2.06. The van der Waals surface area contributed by atoms with Crippen molar-refractivity contribution >= 4 is 17.3 Å². The number of carbonyl (C=O) groups excluding carboxylic acids is 1. The van der Waals surface area contributed by atoms with Crippen LogP contribution in [0.2, 0.25) is 0 Å². The largest absolute Gasteiger partial charge is 0.469 e. The quantitative estimate of drug-likeness (QED) is 0.473. The first-order valence-electron chi connectivity index (χ1n) is 6.81. The number of allylic oxidation sites excluding steroid dienone is 1. The maximum absolute atomic E-state index is 11.2. The first kappa shape index (κ1) is 14.3. The lowest BCUT2D eigenvalue weighted by Crippen LogP contribution is -2.14. The Morgan fingerprint density at radius 2 is 2.26 bits per heavy atom. The molecule has 0 bridgehead atoms. The van der Waals surface area contributed by atoms with Crippen LogP contribution in [0, 0.1) is 0 Å². The maximum atomic E-state index is 11.2. The van der Waals surface area contributed by atoms with E-state index in [4.69, 9.17) is 0 Å². The minimum Gasteiger partial charge on any atom is -0.469 e. The molecule has 0 radical (unpaired) electrons. The highest BCUT2D eigenvalue weighted by Crippen LogP contribution is 2.20. The van der Waals surface area contributed by atoms with Gasteiger partial charge in [0.25, 0.3) is 0 Å². The van der Waals surface area contributed by atoms with Crippen LogP contribution in [0.5, 0.6) is 0 Å². The number of hydrogen-bond acceptors (Lipinski definition) is 4. The predicted molar refractivity (Wildman–Crippen MR) is 78.3 cm³/mol. The molecule has 1 heterocycles. The molecule has 0 fully saturated rings. The standard InChI is InChI=1S/C15H21NO2S/c1-18-15(17)10-13-6-7-14(19-13)11-16-9-8-12-4-2-3-5-12/h4,6-7,16H,2-3,5,8-11H2,1H3. The molecular formula is C15H21NO2S. The van der Waals surface area contributed by atoms with Crippen LogP contribution in [0.25, 0.3) is 0 Å². The number of hydrogen-bond donors (Lipinski definition) is 1. The average molecular weight is 279 g/mol. The highest BCUT2D eigenvalue weighted by molar-refractivity contribution is 7.12. The van der Waals surface area contributed by atoms with Gasteiger partial charge in [0.1, 0.15) is 0 Å². The van der Waals surface area contributed by atoms with E-state index < -0.39 is 0 Å². The molecule has 1 N–H and O–H groups in total. The van der Waals surface area contributed by atoms with Crippen molar-refractivity contribution in [3.63, 3.8) is 0 Å². The monoisotopic (exact) mass is 279 g/mol. The lowest BCUT2D eigenvalue weighted by atomic mass is 10.2. The third kappa shape index (κ3) is 4.80. The van der Waals surface area contributed by atoms with E-state index in [0.717, 1.165) is 18.0 Å². The van der Waals surface area contributed by atoms with Crippen LogP contribution in [-0.4, -0.2) is 19.6 Å². The van der Waals surface area contributed by atoms with Gasteiger partial charge in [-0.05, 0) is 44.4 Å². The van der Waals surface area contributed by atoms with E-state index >= 15 is 0 Å². The molecule has 1 aliphatic carbocycles. The topological polar surface area (TPSA) is 38.3 Å². The van der Waals surface area contributed by atoms with Crippen LogP contribution in [0.3, 0.4) is 0 Å². The molecule has 1 aromatic heterocycles. The zero-order valence-electron chi connectivity index (χ0n) is 11.4. The van der Waals surface area contributed by atoms with Crippen LogP contribution in [0.15, 0.2) is 23.8 Å². The summed E-state index contributed by atoms with van der Waals surface area (Å²) in [7, 11) is 1.43. The predicted octanol–water partition coefficient (Wildman–Crippen LogP) is 3.05. The van der Waals surface area contributed by atoms with Crippen LogP contribution in [0.1, 0.15) is 35.4 Å². The molecule has 1 aliphatic rings. The molecule has 104 valence electrons. The zero-order chi connectivity index (χ0) is 13.5. The second kappa shape index (κ2) is 7.46. The fraction of sp³-hybridized carbons (Fsp3) is 0.533. The molecule has 0 unspecified atom stereocenters. The van der Waals surface area contributed by atoms with Gasteiger partial charge >= 0.3 is 5.97 Å². The molecule has 1 aromatic rings. The Labute approximate surface area is 118 Å². The summed E-state index contributed by atoms with van der Waals surface area (Å²) in [6, 6.07) is 4.10. The number of thiophene rings is 1. The molecule has 0 spiro atoms. The summed E-state index contributed by atoms with van der Waals surface area (Å²) in [5.74, 6) is -0.172. The van der Waals surface area contributed by atoms with Crippen LogP contribution < -0.4 is 5.32 Å². The molecule has 0 saturated heterocycles. The van der Waals surface area contributed by atoms with E-state index in [1.165, 1.54) is 37.7 Å². The summed E-state index contributed by atoms with van der Waals surface area (Å²) in [6.07, 6.45) is 7.80. The number of methoxy groups -OCH3 is 1. The number of nitrogens with one attached hydrogen (secondary N) is 1. The lowest BCUT2D eigenvalue weighted by molar-refractivity contribution is -0.139. The minimum absolute atomic E-state index is 0.172. The fourth-order valence-electron chi connectivity index (χ4n) is 2.25. The van der Waals surface area contributed by atoms with Gasteiger partial charge in [-0.1, -0.05) is 11.6 Å². The number of rotatable bonds is 7. The normalized spacial score (nSPS) is 14.5. The van der Waals surface area contributed by atoms with Crippen molar-refractivity contribution in [1.29, 1.82) is 0 Å².